The van der Waals surface area contributed by atoms with Gasteiger partial charge >= 0.3 is 5.97 Å². The van der Waals surface area contributed by atoms with Gasteiger partial charge in [-0.15, -0.1) is 0 Å². The summed E-state index contributed by atoms with van der Waals surface area (Å²) in [4.78, 5) is 12.8. The van der Waals surface area contributed by atoms with Gasteiger partial charge in [-0.05, 0) is 113 Å². The number of carbonyl (C=O) groups is 1. The number of rotatable bonds is 21. The van der Waals surface area contributed by atoms with Gasteiger partial charge in [0.1, 0.15) is 6.10 Å². The molecule has 4 nitrogen and oxygen atoms in total. The average molecular weight is 653 g/mol. The summed E-state index contributed by atoms with van der Waals surface area (Å²) >= 11 is 0. The number of hydrogen-bond acceptors (Lipinski definition) is 4. The van der Waals surface area contributed by atoms with Crippen molar-refractivity contribution in [2.75, 3.05) is 6.61 Å². The number of unbranched alkanes of at least 4 members (excludes halogenated alkanes) is 11. The van der Waals surface area contributed by atoms with Crippen LogP contribution in [-0.2, 0) is 14.3 Å². The Labute approximate surface area is 289 Å². The summed E-state index contributed by atoms with van der Waals surface area (Å²) in [5.41, 5.74) is 2.11. The zero-order valence-corrected chi connectivity index (χ0v) is 31.0. The van der Waals surface area contributed by atoms with E-state index in [9.17, 15) is 4.79 Å². The van der Waals surface area contributed by atoms with Crippen LogP contribution in [-0.4, -0.2) is 36.0 Å². The minimum Gasteiger partial charge on any atom is -0.462 e. The topological polar surface area (TPSA) is 55.8 Å². The number of allylic oxidation sites excluding steroid dienone is 3. The van der Waals surface area contributed by atoms with Gasteiger partial charge < -0.3 is 14.6 Å². The molecule has 47 heavy (non-hydrogen) atoms. The monoisotopic (exact) mass is 653 g/mol. The molecule has 0 heterocycles. The molecule has 0 radical (unpaired) electrons. The first-order chi connectivity index (χ1) is 22.9. The SMILES string of the molecule is CCCCC/C=C\C(/C=C\CCCCCCCO)OC1C=C2CC[C@@H]3C(CC[C@@]4(C)C3CC[C@@H]4OC(=O)CCCCCC)[C@@]2(C)CC1. The Bertz CT molecular complexity index is 1010. The fraction of sp³-hybridized carbons (Fsp3) is 0.837. The number of hydrogen-bond donors (Lipinski definition) is 1. The van der Waals surface area contributed by atoms with E-state index in [0.717, 1.165) is 63.2 Å². The van der Waals surface area contributed by atoms with Crippen molar-refractivity contribution in [3.8, 4) is 0 Å². The maximum absolute atomic E-state index is 12.8. The van der Waals surface area contributed by atoms with Crippen molar-refractivity contribution in [3.05, 3.63) is 36.0 Å². The summed E-state index contributed by atoms with van der Waals surface area (Å²) in [7, 11) is 0. The summed E-state index contributed by atoms with van der Waals surface area (Å²) in [5.74, 6) is 2.24. The lowest BCUT2D eigenvalue weighted by Gasteiger charge is -2.58. The maximum Gasteiger partial charge on any atom is 0.306 e. The van der Waals surface area contributed by atoms with Crippen molar-refractivity contribution in [3.63, 3.8) is 0 Å². The molecule has 8 atom stereocenters. The van der Waals surface area contributed by atoms with Crippen LogP contribution in [0.4, 0.5) is 0 Å². The van der Waals surface area contributed by atoms with Gasteiger partial charge in [-0.2, -0.15) is 0 Å². The Morgan fingerprint density at radius 1 is 0.830 bits per heavy atom. The third kappa shape index (κ3) is 10.6. The Morgan fingerprint density at radius 3 is 2.26 bits per heavy atom. The third-order valence-electron chi connectivity index (χ3n) is 13.0. The first kappa shape index (κ1) is 38.4. The molecule has 0 aromatic carbocycles. The second kappa shape index (κ2) is 19.7. The highest BCUT2D eigenvalue weighted by atomic mass is 16.5. The smallest absolute Gasteiger partial charge is 0.306 e. The standard InChI is InChI=1S/C43H72O4/c1-5-7-9-14-17-21-35(22-18-15-12-11-13-16-20-32-44)46-36-28-30-42(3)34(33-36)24-25-37-38-26-27-40(43(38,4)31-29-39(37)42)47-41(45)23-19-10-8-6-2/h17-18,21-22,33,35-40,44H,5-16,19-20,23-32H2,1-4H3/b21-17-,22-18-/t35?,36?,37-,38?,39?,40-,42-,43-/m0/s1. The lowest BCUT2D eigenvalue weighted by atomic mass is 9.47. The second-order valence-electron chi connectivity index (χ2n) is 16.2. The van der Waals surface area contributed by atoms with E-state index in [-0.39, 0.29) is 35.1 Å². The normalized spacial score (nSPS) is 32.6. The number of carbonyl (C=O) groups excluding carboxylic acids is 1. The van der Waals surface area contributed by atoms with Gasteiger partial charge in [0.2, 0.25) is 0 Å². The highest BCUT2D eigenvalue weighted by molar-refractivity contribution is 5.69. The average Bonchev–Trinajstić information content (AvgIpc) is 3.39. The van der Waals surface area contributed by atoms with Crippen molar-refractivity contribution in [2.45, 2.75) is 194 Å². The zero-order valence-electron chi connectivity index (χ0n) is 31.0. The van der Waals surface area contributed by atoms with Crippen molar-refractivity contribution in [1.82, 2.24) is 0 Å². The van der Waals surface area contributed by atoms with Crippen LogP contribution in [0.2, 0.25) is 0 Å². The van der Waals surface area contributed by atoms with Crippen molar-refractivity contribution in [2.24, 2.45) is 28.6 Å². The third-order valence-corrected chi connectivity index (χ3v) is 13.0. The van der Waals surface area contributed by atoms with Crippen LogP contribution in [0.5, 0.6) is 0 Å². The molecule has 0 aliphatic heterocycles. The van der Waals surface area contributed by atoms with Gasteiger partial charge in [-0.3, -0.25) is 4.79 Å². The minimum atomic E-state index is 0.0486. The Balaban J connectivity index is 1.34. The molecular weight excluding hydrogens is 580 g/mol. The summed E-state index contributed by atoms with van der Waals surface area (Å²) in [6.45, 7) is 9.86. The molecular formula is C43H72O4. The Kier molecular flexibility index (Phi) is 16.1. The quantitative estimate of drug-likeness (QED) is 0.0761. The van der Waals surface area contributed by atoms with E-state index in [1.165, 1.54) is 89.9 Å². The van der Waals surface area contributed by atoms with Crippen molar-refractivity contribution in [1.29, 1.82) is 0 Å². The minimum absolute atomic E-state index is 0.0486. The molecule has 268 valence electrons. The maximum atomic E-state index is 12.8. The lowest BCUT2D eigenvalue weighted by molar-refractivity contribution is -0.160. The van der Waals surface area contributed by atoms with E-state index in [1.54, 1.807) is 5.57 Å². The molecule has 1 N–H and O–H groups in total. The highest BCUT2D eigenvalue weighted by Crippen LogP contribution is 2.66. The fourth-order valence-corrected chi connectivity index (χ4v) is 10.1. The van der Waals surface area contributed by atoms with Crippen LogP contribution in [0.3, 0.4) is 0 Å². The first-order valence-electron chi connectivity index (χ1n) is 20.4. The molecule has 0 aromatic heterocycles. The van der Waals surface area contributed by atoms with Gasteiger partial charge in [-0.25, -0.2) is 0 Å². The van der Waals surface area contributed by atoms with Crippen LogP contribution in [0.25, 0.3) is 0 Å². The largest absolute Gasteiger partial charge is 0.462 e. The predicted octanol–water partition coefficient (Wildman–Crippen LogP) is 11.6. The first-order valence-corrected chi connectivity index (χ1v) is 20.4. The zero-order chi connectivity index (χ0) is 33.5. The molecule has 4 heteroatoms. The van der Waals surface area contributed by atoms with Gasteiger partial charge in [0.25, 0.3) is 0 Å². The molecule has 0 spiro atoms. The Morgan fingerprint density at radius 2 is 1.51 bits per heavy atom. The van der Waals surface area contributed by atoms with Crippen LogP contribution in [0.15, 0.2) is 36.0 Å². The second-order valence-corrected chi connectivity index (χ2v) is 16.2. The van der Waals surface area contributed by atoms with Crippen LogP contribution in [0, 0.1) is 28.6 Å². The fourth-order valence-electron chi connectivity index (χ4n) is 10.1. The molecule has 4 aliphatic carbocycles. The van der Waals surface area contributed by atoms with Crippen LogP contribution in [0.1, 0.15) is 175 Å². The molecule has 0 bridgehead atoms. The number of fused-ring (bicyclic) bond motifs is 5. The molecule has 0 aromatic rings. The van der Waals surface area contributed by atoms with Crippen LogP contribution < -0.4 is 0 Å². The van der Waals surface area contributed by atoms with Gasteiger partial charge in [-0.1, -0.05) is 115 Å². The molecule has 0 amide bonds. The van der Waals surface area contributed by atoms with E-state index in [4.69, 9.17) is 14.6 Å². The van der Waals surface area contributed by atoms with Gasteiger partial charge in [0.05, 0.1) is 12.2 Å². The van der Waals surface area contributed by atoms with E-state index in [1.807, 2.05) is 0 Å². The number of esters is 1. The van der Waals surface area contributed by atoms with E-state index < -0.39 is 0 Å². The summed E-state index contributed by atoms with van der Waals surface area (Å²) < 4.78 is 13.1. The number of aliphatic hydroxyl groups excluding tert-OH is 1. The molecule has 4 aliphatic rings. The highest BCUT2D eigenvalue weighted by Gasteiger charge is 2.60. The Hall–Kier alpha value is -1.39. The van der Waals surface area contributed by atoms with E-state index in [2.05, 4.69) is 58.1 Å². The van der Waals surface area contributed by atoms with E-state index in [0.29, 0.717) is 18.9 Å². The molecule has 3 saturated carbocycles. The molecule has 3 fully saturated rings. The summed E-state index contributed by atoms with van der Waals surface area (Å²) in [5, 5.41) is 9.01. The molecule has 4 rings (SSSR count). The number of aliphatic hydroxyl groups is 1. The summed E-state index contributed by atoms with van der Waals surface area (Å²) in [6, 6.07) is 0. The predicted molar refractivity (Wildman–Crippen MR) is 196 cm³/mol. The van der Waals surface area contributed by atoms with Gasteiger partial charge in [0, 0.05) is 18.4 Å². The summed E-state index contributed by atoms with van der Waals surface area (Å²) in [6.07, 6.45) is 38.7. The number of ether oxygens (including phenoxy) is 2. The molecule has 4 unspecified atom stereocenters. The lowest BCUT2D eigenvalue weighted by Crippen LogP contribution is -2.52. The van der Waals surface area contributed by atoms with Crippen LogP contribution >= 0.6 is 0 Å². The van der Waals surface area contributed by atoms with Crippen molar-refractivity contribution < 1.29 is 19.4 Å². The molecule has 0 saturated heterocycles. The van der Waals surface area contributed by atoms with Gasteiger partial charge in [0.15, 0.2) is 0 Å². The van der Waals surface area contributed by atoms with E-state index >= 15 is 0 Å². The van der Waals surface area contributed by atoms with Crippen molar-refractivity contribution >= 4 is 5.97 Å².